The van der Waals surface area contributed by atoms with Gasteiger partial charge in [-0.1, -0.05) is 23.5 Å². The molecule has 2 aliphatic rings. The number of hydrogen-bond acceptors (Lipinski definition) is 7. The van der Waals surface area contributed by atoms with Crippen LogP contribution in [0.3, 0.4) is 0 Å². The topological polar surface area (TPSA) is 72.0 Å². The maximum atomic E-state index is 14.1. The number of benzene rings is 1. The van der Waals surface area contributed by atoms with Crippen LogP contribution in [-0.2, 0) is 17.3 Å². The van der Waals surface area contributed by atoms with Gasteiger partial charge in [0.05, 0.1) is 24.3 Å². The Morgan fingerprint density at radius 1 is 1.26 bits per heavy atom. The molecule has 10 heteroatoms. The number of anilines is 1. The fraction of sp³-hybridized carbons (Fsp3) is 0.458. The summed E-state index contributed by atoms with van der Waals surface area (Å²) >= 11 is 1.27. The molecule has 0 amide bonds. The van der Waals surface area contributed by atoms with Gasteiger partial charge in [-0.15, -0.1) is 10.2 Å². The summed E-state index contributed by atoms with van der Waals surface area (Å²) in [5.41, 5.74) is 2.03. The van der Waals surface area contributed by atoms with Crippen LogP contribution in [0.4, 0.5) is 18.3 Å². The molecule has 2 fully saturated rings. The molecule has 3 aromatic rings. The Kier molecular flexibility index (Phi) is 6.30. The van der Waals surface area contributed by atoms with Crippen molar-refractivity contribution in [1.82, 2.24) is 20.5 Å². The van der Waals surface area contributed by atoms with E-state index in [2.05, 4.69) is 32.4 Å². The van der Waals surface area contributed by atoms with E-state index in [-0.39, 0.29) is 17.5 Å². The van der Waals surface area contributed by atoms with Crippen molar-refractivity contribution in [3.63, 3.8) is 0 Å². The number of rotatable bonds is 7. The Balaban J connectivity index is 1.53. The van der Waals surface area contributed by atoms with Crippen LogP contribution >= 0.6 is 11.3 Å². The van der Waals surface area contributed by atoms with Gasteiger partial charge in [-0.25, -0.2) is 4.98 Å². The van der Waals surface area contributed by atoms with E-state index < -0.39 is 11.7 Å². The third kappa shape index (κ3) is 5.08. The van der Waals surface area contributed by atoms with Gasteiger partial charge >= 0.3 is 6.18 Å². The number of morpholine rings is 1. The first kappa shape index (κ1) is 23.2. The van der Waals surface area contributed by atoms with Crippen molar-refractivity contribution in [1.29, 1.82) is 0 Å². The summed E-state index contributed by atoms with van der Waals surface area (Å²) in [5, 5.41) is 16.6. The highest BCUT2D eigenvalue weighted by molar-refractivity contribution is 7.18. The lowest BCUT2D eigenvalue weighted by Gasteiger charge is -2.23. The van der Waals surface area contributed by atoms with E-state index in [1.165, 1.54) is 17.4 Å². The maximum Gasteiger partial charge on any atom is 0.418 e. The first-order chi connectivity index (χ1) is 16.3. The molecule has 2 aromatic heterocycles. The zero-order chi connectivity index (χ0) is 23.9. The third-order valence-corrected chi connectivity index (χ3v) is 6.91. The summed E-state index contributed by atoms with van der Waals surface area (Å²) in [6, 6.07) is 5.14. The highest BCUT2D eigenvalue weighted by Crippen LogP contribution is 2.45. The largest absolute Gasteiger partial charge is 0.418 e. The Bertz CT molecular complexity index is 1220. The van der Waals surface area contributed by atoms with E-state index in [1.54, 1.807) is 0 Å². The third-order valence-electron chi connectivity index (χ3n) is 6.01. The first-order valence-corrected chi connectivity index (χ1v) is 12.2. The molecule has 1 aliphatic heterocycles. The monoisotopic (exact) mass is 489 g/mol. The molecule has 34 heavy (non-hydrogen) atoms. The molecule has 6 nitrogen and oxygen atoms in total. The molecule has 1 aliphatic carbocycles. The smallest absolute Gasteiger partial charge is 0.378 e. The van der Waals surface area contributed by atoms with E-state index in [0.29, 0.717) is 47.4 Å². The van der Waals surface area contributed by atoms with Crippen molar-refractivity contribution in [2.75, 3.05) is 31.6 Å². The highest BCUT2D eigenvalue weighted by Gasteiger charge is 2.36. The zero-order valence-corrected chi connectivity index (χ0v) is 19.7. The summed E-state index contributed by atoms with van der Waals surface area (Å²) in [7, 11) is 0. The summed E-state index contributed by atoms with van der Waals surface area (Å²) in [6.45, 7) is 8.57. The second kappa shape index (κ2) is 9.24. The molecule has 3 heterocycles. The van der Waals surface area contributed by atoms with E-state index in [9.17, 15) is 13.2 Å². The minimum atomic E-state index is -4.50. The Morgan fingerprint density at radius 3 is 2.76 bits per heavy atom. The summed E-state index contributed by atoms with van der Waals surface area (Å²) in [4.78, 5) is 4.46. The predicted octanol–water partition coefficient (Wildman–Crippen LogP) is 5.17. The maximum absolute atomic E-state index is 14.1. The van der Waals surface area contributed by atoms with E-state index in [0.717, 1.165) is 36.1 Å². The zero-order valence-electron chi connectivity index (χ0n) is 18.8. The fourth-order valence-corrected chi connectivity index (χ4v) is 4.94. The van der Waals surface area contributed by atoms with Gasteiger partial charge < -0.3 is 15.4 Å². The molecule has 1 unspecified atom stereocenters. The van der Waals surface area contributed by atoms with Crippen molar-refractivity contribution >= 4 is 27.4 Å². The normalized spacial score (nSPS) is 18.9. The lowest BCUT2D eigenvalue weighted by Crippen LogP contribution is -2.45. The molecule has 1 atom stereocenters. The van der Waals surface area contributed by atoms with Crippen LogP contribution < -0.4 is 10.6 Å². The van der Waals surface area contributed by atoms with E-state index >= 15 is 0 Å². The average Bonchev–Trinajstić information content (AvgIpc) is 3.54. The van der Waals surface area contributed by atoms with Gasteiger partial charge in [-0.3, -0.25) is 0 Å². The number of pyridine rings is 1. The Hall–Kier alpha value is -2.56. The van der Waals surface area contributed by atoms with Gasteiger partial charge in [0.15, 0.2) is 5.01 Å². The summed E-state index contributed by atoms with van der Waals surface area (Å²) in [6.07, 6.45) is -2.19. The number of hydrogen-bond donors (Lipinski definition) is 2. The second-order valence-corrected chi connectivity index (χ2v) is 10.0. The minimum absolute atomic E-state index is 0.0427. The van der Waals surface area contributed by atoms with Crippen molar-refractivity contribution in [2.45, 2.75) is 44.3 Å². The van der Waals surface area contributed by atoms with Gasteiger partial charge in [0.2, 0.25) is 5.13 Å². The number of nitrogens with zero attached hydrogens (tertiary/aromatic N) is 3. The second-order valence-electron chi connectivity index (χ2n) is 9.06. The van der Waals surface area contributed by atoms with Crippen LogP contribution in [-0.4, -0.2) is 47.5 Å². The molecule has 2 N–H and O–H groups in total. The number of halogens is 3. The number of nitrogens with one attached hydrogen (secondary N) is 2. The highest BCUT2D eigenvalue weighted by atomic mass is 32.1. The first-order valence-electron chi connectivity index (χ1n) is 11.4. The van der Waals surface area contributed by atoms with Gasteiger partial charge in [-0.2, -0.15) is 13.2 Å². The molecule has 1 aromatic carbocycles. The van der Waals surface area contributed by atoms with Crippen LogP contribution in [0.2, 0.25) is 0 Å². The Labute approximate surface area is 199 Å². The molecule has 0 spiro atoms. The fourth-order valence-electron chi connectivity index (χ4n) is 4.23. The van der Waals surface area contributed by atoms with E-state index in [1.807, 2.05) is 19.1 Å². The van der Waals surface area contributed by atoms with Crippen molar-refractivity contribution in [3.05, 3.63) is 47.0 Å². The van der Waals surface area contributed by atoms with Gasteiger partial charge in [0.1, 0.15) is 5.69 Å². The summed E-state index contributed by atoms with van der Waals surface area (Å²) < 4.78 is 47.7. The summed E-state index contributed by atoms with van der Waals surface area (Å²) in [5.74, 6) is 0.198. The van der Waals surface area contributed by atoms with Crippen LogP contribution in [0.1, 0.15) is 42.4 Å². The van der Waals surface area contributed by atoms with Crippen molar-refractivity contribution < 1.29 is 17.9 Å². The quantitative estimate of drug-likeness (QED) is 0.447. The SMILES string of the molecule is C=C(C)Cc1cc(-c2nnc(NCC3COCCN3)s2)nc2c(C(F)(F)F)cc(C3CC3)cc12. The number of alkyl halides is 3. The average molecular weight is 490 g/mol. The molecule has 0 bridgehead atoms. The molecule has 5 rings (SSSR count). The number of aromatic nitrogens is 3. The van der Waals surface area contributed by atoms with Gasteiger partial charge in [0, 0.05) is 24.5 Å². The van der Waals surface area contributed by atoms with Crippen LogP contribution in [0.25, 0.3) is 21.6 Å². The van der Waals surface area contributed by atoms with Crippen LogP contribution in [0, 0.1) is 0 Å². The number of allylic oxidation sites excluding steroid dienone is 1. The van der Waals surface area contributed by atoms with Crippen molar-refractivity contribution in [2.24, 2.45) is 0 Å². The lowest BCUT2D eigenvalue weighted by molar-refractivity contribution is -0.136. The Morgan fingerprint density at radius 2 is 2.09 bits per heavy atom. The van der Waals surface area contributed by atoms with Gasteiger partial charge in [0.25, 0.3) is 0 Å². The lowest BCUT2D eigenvalue weighted by atomic mass is 9.95. The van der Waals surface area contributed by atoms with E-state index in [4.69, 9.17) is 4.74 Å². The molecule has 0 radical (unpaired) electrons. The standard InChI is InChI=1S/C24H26F3N5OS/c1-13(2)7-16-10-20(22-31-32-23(34-22)29-11-17-12-33-6-5-28-17)30-21-18(16)8-15(14-3-4-14)9-19(21)24(25,26)27/h8-10,14,17,28H,1,3-7,11-12H2,2H3,(H,29,32). The molecule has 180 valence electrons. The minimum Gasteiger partial charge on any atom is -0.378 e. The number of fused-ring (bicyclic) bond motifs is 1. The number of ether oxygens (including phenoxy) is 1. The molecule has 1 saturated heterocycles. The predicted molar refractivity (Wildman–Crippen MR) is 127 cm³/mol. The van der Waals surface area contributed by atoms with Crippen molar-refractivity contribution in [3.8, 4) is 10.7 Å². The van der Waals surface area contributed by atoms with Crippen LogP contribution in [0.15, 0.2) is 30.4 Å². The van der Waals surface area contributed by atoms with Crippen LogP contribution in [0.5, 0.6) is 0 Å². The molecule has 1 saturated carbocycles. The molecular formula is C24H26F3N5OS. The van der Waals surface area contributed by atoms with Gasteiger partial charge in [-0.05, 0) is 61.4 Å². The molecular weight excluding hydrogens is 463 g/mol.